The van der Waals surface area contributed by atoms with Crippen molar-refractivity contribution in [1.29, 1.82) is 0 Å². The van der Waals surface area contributed by atoms with Gasteiger partial charge >= 0.3 is 12.4 Å². The molecule has 2 saturated heterocycles. The van der Waals surface area contributed by atoms with Crippen molar-refractivity contribution in [2.75, 3.05) is 82.1 Å². The molecular formula is C74H113F9N12O12. The Labute approximate surface area is 622 Å². The first-order valence-corrected chi connectivity index (χ1v) is 37.9. The van der Waals surface area contributed by atoms with Crippen LogP contribution in [0.25, 0.3) is 0 Å². The first-order chi connectivity index (χ1) is 49.9. The number of carbonyl (C=O) groups is 12. The van der Waals surface area contributed by atoms with Crippen molar-refractivity contribution in [1.82, 2.24) is 60.0 Å². The van der Waals surface area contributed by atoms with Crippen molar-refractivity contribution in [2.45, 2.75) is 261 Å². The van der Waals surface area contributed by atoms with E-state index in [1.807, 2.05) is 20.8 Å². The Morgan fingerprint density at radius 1 is 0.654 bits per heavy atom. The fraction of sp³-hybridized carbons (Fsp3) is 0.811. The third kappa shape index (κ3) is 20.8. The van der Waals surface area contributed by atoms with Gasteiger partial charge in [-0.2, -0.15) is 26.3 Å². The van der Waals surface area contributed by atoms with Crippen molar-refractivity contribution < 1.29 is 97.0 Å². The lowest BCUT2D eigenvalue weighted by Crippen LogP contribution is -2.71. The third-order valence-corrected chi connectivity index (χ3v) is 23.8. The molecule has 0 radical (unpaired) electrons. The topological polar surface area (TPSA) is 270 Å². The van der Waals surface area contributed by atoms with Crippen LogP contribution in [0.3, 0.4) is 0 Å². The molecule has 7 rings (SSSR count). The van der Waals surface area contributed by atoms with E-state index in [2.05, 4.69) is 16.0 Å². The van der Waals surface area contributed by atoms with E-state index < -0.39 is 255 Å². The van der Waals surface area contributed by atoms with Crippen LogP contribution in [-0.2, 0) is 57.5 Å². The van der Waals surface area contributed by atoms with Gasteiger partial charge in [-0.3, -0.25) is 57.5 Å². The molecule has 7 aliphatic rings. The maximum atomic E-state index is 16.2. The van der Waals surface area contributed by atoms with Gasteiger partial charge in [0.2, 0.25) is 70.9 Å². The number of fused-ring (bicyclic) bond motifs is 3. The highest BCUT2D eigenvalue weighted by Gasteiger charge is 2.60. The SMILES string of the molecule is CCCN(C)C(=O)[C@@H]1CC(=O)N(C)[C@@H](C)C(=O)N[C@@H]([C@@H](C)CC)C(=O)N(C)CC(=O)N(C)[C@H]2C/C=C\CCN(C2=O)[C@@H](CC2CCC(C(F)(F)F)CC2)C(=O)N(C)CC(=O)N[C@@H](CCC2CC(F)C(C(F)(F)F)C(F)C2)C(=O)N2C[C@H](F)C[C@H]2C(=O)NC2(CC(C)(C)C2)C(=O)N(C)[C@@H](C2CCCC2)C(=O)N1C. The summed E-state index contributed by atoms with van der Waals surface area (Å²) in [5.41, 5.74) is -2.49. The number of nitrogens with zero attached hydrogens (tertiary/aromatic N) is 9. The number of alkyl halides is 9. The average molecular weight is 1530 g/mol. The molecule has 24 nitrogen and oxygen atoms in total. The summed E-state index contributed by atoms with van der Waals surface area (Å²) in [6.07, 6.45) is -15.7. The van der Waals surface area contributed by atoms with E-state index in [4.69, 9.17) is 0 Å². The van der Waals surface area contributed by atoms with Gasteiger partial charge in [0.25, 0.3) is 0 Å². The van der Waals surface area contributed by atoms with Gasteiger partial charge in [-0.25, -0.2) is 13.2 Å². The fourth-order valence-corrected chi connectivity index (χ4v) is 17.3. The maximum Gasteiger partial charge on any atom is 0.397 e. The molecule has 4 saturated carbocycles. The highest BCUT2D eigenvalue weighted by atomic mass is 19.4. The Morgan fingerprint density at radius 3 is 1.83 bits per heavy atom. The molecule has 107 heavy (non-hydrogen) atoms. The molecule has 4 aliphatic carbocycles. The van der Waals surface area contributed by atoms with Crippen molar-refractivity contribution in [3.63, 3.8) is 0 Å². The van der Waals surface area contributed by atoms with Gasteiger partial charge in [0.05, 0.1) is 32.0 Å². The lowest BCUT2D eigenvalue weighted by atomic mass is 9.58. The van der Waals surface area contributed by atoms with Crippen LogP contribution in [0, 0.1) is 40.9 Å². The lowest BCUT2D eigenvalue weighted by Gasteiger charge is -2.54. The van der Waals surface area contributed by atoms with Crippen LogP contribution in [0.4, 0.5) is 39.5 Å². The minimum atomic E-state index is -5.24. The zero-order chi connectivity index (χ0) is 79.9. The van der Waals surface area contributed by atoms with E-state index >= 15 is 41.9 Å². The van der Waals surface area contributed by atoms with Crippen molar-refractivity contribution in [3.05, 3.63) is 12.2 Å². The van der Waals surface area contributed by atoms with Crippen molar-refractivity contribution in [2.24, 2.45) is 40.9 Å². The van der Waals surface area contributed by atoms with Crippen LogP contribution in [0.1, 0.15) is 176 Å². The van der Waals surface area contributed by atoms with Gasteiger partial charge in [0.1, 0.15) is 78.3 Å². The summed E-state index contributed by atoms with van der Waals surface area (Å²) in [7, 11) is 9.28. The molecule has 3 heterocycles. The number of amides is 12. The van der Waals surface area contributed by atoms with Crippen molar-refractivity contribution in [3.8, 4) is 0 Å². The van der Waals surface area contributed by atoms with E-state index in [9.17, 15) is 55.1 Å². The van der Waals surface area contributed by atoms with Crippen LogP contribution in [0.15, 0.2) is 12.2 Å². The molecule has 2 bridgehead atoms. The Kier molecular flexibility index (Phi) is 29.3. The highest BCUT2D eigenvalue weighted by molar-refractivity contribution is 6.01. The molecule has 0 aromatic rings. The second kappa shape index (κ2) is 36.1. The van der Waals surface area contributed by atoms with Crippen molar-refractivity contribution >= 4 is 70.9 Å². The summed E-state index contributed by atoms with van der Waals surface area (Å²) in [6.45, 7) is 7.89. The molecule has 0 aromatic heterocycles. The smallest absolute Gasteiger partial charge is 0.344 e. The monoisotopic (exact) mass is 1530 g/mol. The Hall–Kier alpha value is -7.25. The van der Waals surface area contributed by atoms with Crippen LogP contribution in [0.5, 0.6) is 0 Å². The first-order valence-electron chi connectivity index (χ1n) is 37.9. The van der Waals surface area contributed by atoms with Gasteiger partial charge in [-0.05, 0) is 139 Å². The predicted octanol–water partition coefficient (Wildman–Crippen LogP) is 6.67. The van der Waals surface area contributed by atoms with E-state index in [-0.39, 0.29) is 70.9 Å². The Balaban J connectivity index is 1.32. The minimum Gasteiger partial charge on any atom is -0.344 e. The van der Waals surface area contributed by atoms with Gasteiger partial charge in [-0.1, -0.05) is 66.0 Å². The van der Waals surface area contributed by atoms with E-state index in [0.717, 1.165) is 29.4 Å². The maximum absolute atomic E-state index is 16.2. The largest absolute Gasteiger partial charge is 0.397 e. The highest BCUT2D eigenvalue weighted by Crippen LogP contribution is 2.50. The molecule has 2 unspecified atom stereocenters. The molecule has 33 heteroatoms. The summed E-state index contributed by atoms with van der Waals surface area (Å²) in [6, 6.07) is -12.0. The molecule has 604 valence electrons. The van der Waals surface area contributed by atoms with Crippen LogP contribution in [0.2, 0.25) is 0 Å². The summed E-state index contributed by atoms with van der Waals surface area (Å²) in [5.74, 6) is -17.7. The number of rotatable bonds is 11. The van der Waals surface area contributed by atoms with Gasteiger partial charge < -0.3 is 60.0 Å². The minimum absolute atomic E-state index is 0.0247. The van der Waals surface area contributed by atoms with Gasteiger partial charge in [-0.15, -0.1) is 0 Å². The molecular weight excluding hydrogens is 1420 g/mol. The number of carbonyl (C=O) groups excluding carboxylic acids is 12. The molecule has 3 aliphatic heterocycles. The third-order valence-electron chi connectivity index (χ3n) is 23.8. The Morgan fingerprint density at radius 2 is 1.26 bits per heavy atom. The average Bonchev–Trinajstić information content (AvgIpc) is 1.42. The quantitative estimate of drug-likeness (QED) is 0.145. The number of nitrogens with one attached hydrogen (secondary N) is 3. The molecule has 3 N–H and O–H groups in total. The first kappa shape index (κ1) is 87.0. The number of halogens is 9. The Bertz CT molecular complexity index is 3240. The molecule has 0 aromatic carbocycles. The van der Waals surface area contributed by atoms with E-state index in [0.29, 0.717) is 38.5 Å². The summed E-state index contributed by atoms with van der Waals surface area (Å²) in [4.78, 5) is 190. The van der Waals surface area contributed by atoms with Gasteiger partial charge in [0, 0.05) is 68.8 Å². The van der Waals surface area contributed by atoms with E-state index in [1.165, 1.54) is 71.0 Å². The zero-order valence-electron chi connectivity index (χ0n) is 64.2. The zero-order valence-corrected chi connectivity index (χ0v) is 64.2. The number of hydrogen-bond acceptors (Lipinski definition) is 12. The van der Waals surface area contributed by atoms with Crippen LogP contribution >= 0.6 is 0 Å². The van der Waals surface area contributed by atoms with Crippen LogP contribution < -0.4 is 16.0 Å². The lowest BCUT2D eigenvalue weighted by molar-refractivity contribution is -0.219. The molecule has 12 amide bonds. The van der Waals surface area contributed by atoms with Gasteiger partial charge in [0.15, 0.2) is 0 Å². The summed E-state index contributed by atoms with van der Waals surface area (Å²) >= 11 is 0. The number of likely N-dealkylation sites (N-methyl/N-ethyl adjacent to an activating group) is 7. The fourth-order valence-electron chi connectivity index (χ4n) is 17.3. The molecule has 6 fully saturated rings. The summed E-state index contributed by atoms with van der Waals surface area (Å²) in [5, 5.41) is 8.10. The number of hydrogen-bond donors (Lipinski definition) is 3. The normalized spacial score (nSPS) is 32.6. The van der Waals surface area contributed by atoms with Crippen LogP contribution in [-0.4, -0.2) is 282 Å². The molecule has 12 atom stereocenters. The predicted molar refractivity (Wildman–Crippen MR) is 375 cm³/mol. The second-order valence-electron chi connectivity index (χ2n) is 32.4. The second-order valence-corrected chi connectivity index (χ2v) is 32.4. The van der Waals surface area contributed by atoms with E-state index in [1.54, 1.807) is 26.0 Å². The molecule has 1 spiro atoms. The standard InChI is InChI=1S/C74H113F9N12O12/c1-14-30-87(7)65(102)54-36-57(97)90(10)43(4)62(99)85-60(42(3)15-2)68(105)89(9)39-58(98)91(11)52-23-17-16-20-31-94(67(52)104)55(34-44-24-27-47(28-25-44)73(78,79)80)66(103)88(8)38-56(96)84-51(29-26-45-32-49(76)59(50(77)33-45)74(81,82)83)64(101)95-37-48(75)35-53(95)63(100)86-72(40-71(5,6)41-72)70(107)93(13)61(69(106)92(54)12)46-21-18-19-22-46/h16-17,42-55,59-61H,14-15,18-41H2,1-13H3,(H,84,96)(H,85,99)(H,86,100)/b17-16-/t42-,43-,44?,45?,47?,48+,49?,50?,51-,52-,53-,54-,55-,59?,60-,61-/m0/s1. The summed E-state index contributed by atoms with van der Waals surface area (Å²) < 4.78 is 131.